The molecule has 3 N–H and O–H groups in total. The number of benzene rings is 1. The van der Waals surface area contributed by atoms with E-state index in [1.165, 1.54) is 19.1 Å². The minimum absolute atomic E-state index is 0.0662. The summed E-state index contributed by atoms with van der Waals surface area (Å²) in [4.78, 5) is 10.3. The lowest BCUT2D eigenvalue weighted by molar-refractivity contribution is -0.139. The maximum absolute atomic E-state index is 11.3. The van der Waals surface area contributed by atoms with Gasteiger partial charge in [-0.05, 0) is 25.5 Å². The van der Waals surface area contributed by atoms with Gasteiger partial charge in [-0.1, -0.05) is 6.07 Å². The summed E-state index contributed by atoms with van der Waals surface area (Å²) in [6.45, 7) is 2.68. The number of primary sulfonamides is 1. The van der Waals surface area contributed by atoms with Gasteiger partial charge in [0.05, 0.1) is 4.90 Å². The Morgan fingerprint density at radius 3 is 2.47 bits per heavy atom. The Balaban J connectivity index is 3.25. The molecule has 94 valence electrons. The predicted octanol–water partition coefficient (Wildman–Crippen LogP) is 0.414. The maximum Gasteiger partial charge on any atom is 0.341 e. The Kier molecular flexibility index (Phi) is 3.74. The lowest BCUT2D eigenvalue weighted by Gasteiger charge is -2.13. The fraction of sp³-hybridized carbons (Fsp3) is 0.300. The molecule has 0 unspecified atom stereocenters. The molecular formula is C10H13NO5S. The number of aryl methyl sites for hydroxylation is 1. The van der Waals surface area contributed by atoms with E-state index < -0.39 is 22.6 Å². The molecule has 7 heteroatoms. The first-order valence-electron chi connectivity index (χ1n) is 4.71. The summed E-state index contributed by atoms with van der Waals surface area (Å²) in [7, 11) is -3.84. The molecule has 6 nitrogen and oxygen atoms in total. The van der Waals surface area contributed by atoms with E-state index in [1.807, 2.05) is 0 Å². The minimum atomic E-state index is -3.84. The second-order valence-electron chi connectivity index (χ2n) is 3.56. The van der Waals surface area contributed by atoms with Gasteiger partial charge in [0, 0.05) is 5.56 Å². The van der Waals surface area contributed by atoms with Crippen LogP contribution in [0.5, 0.6) is 5.75 Å². The van der Waals surface area contributed by atoms with Crippen LogP contribution in [-0.2, 0) is 14.8 Å². The van der Waals surface area contributed by atoms with Crippen LogP contribution < -0.4 is 9.88 Å². The van der Waals surface area contributed by atoms with Crippen molar-refractivity contribution in [2.75, 3.05) is 6.61 Å². The molecule has 0 saturated carbocycles. The highest BCUT2D eigenvalue weighted by Gasteiger charge is 2.17. The van der Waals surface area contributed by atoms with Gasteiger partial charge in [-0.2, -0.15) is 0 Å². The lowest BCUT2D eigenvalue weighted by atomic mass is 10.1. The maximum atomic E-state index is 11.3. The van der Waals surface area contributed by atoms with Crippen molar-refractivity contribution in [3.05, 3.63) is 23.3 Å². The molecule has 0 spiro atoms. The Morgan fingerprint density at radius 2 is 2.00 bits per heavy atom. The van der Waals surface area contributed by atoms with Crippen LogP contribution in [-0.4, -0.2) is 26.1 Å². The smallest absolute Gasteiger partial charge is 0.341 e. The van der Waals surface area contributed by atoms with Crippen molar-refractivity contribution in [2.24, 2.45) is 5.14 Å². The van der Waals surface area contributed by atoms with Gasteiger partial charge in [-0.25, -0.2) is 18.4 Å². The van der Waals surface area contributed by atoms with Gasteiger partial charge in [-0.15, -0.1) is 0 Å². The first-order chi connectivity index (χ1) is 7.73. The van der Waals surface area contributed by atoms with Crippen molar-refractivity contribution in [2.45, 2.75) is 18.7 Å². The topological polar surface area (TPSA) is 107 Å². The average molecular weight is 259 g/mol. The van der Waals surface area contributed by atoms with E-state index >= 15 is 0 Å². The summed E-state index contributed by atoms with van der Waals surface area (Å²) in [5.41, 5.74) is 0.963. The van der Waals surface area contributed by atoms with Crippen LogP contribution in [0.4, 0.5) is 0 Å². The third kappa shape index (κ3) is 3.18. The van der Waals surface area contributed by atoms with Gasteiger partial charge in [0.15, 0.2) is 6.61 Å². The average Bonchev–Trinajstić information content (AvgIpc) is 2.14. The summed E-state index contributed by atoms with van der Waals surface area (Å²) < 4.78 is 27.6. The molecule has 0 aromatic heterocycles. The van der Waals surface area contributed by atoms with Crippen molar-refractivity contribution >= 4 is 16.0 Å². The number of carboxylic acids is 1. The number of sulfonamides is 1. The van der Waals surface area contributed by atoms with E-state index in [9.17, 15) is 13.2 Å². The molecule has 0 aliphatic heterocycles. The predicted molar refractivity (Wildman–Crippen MR) is 60.4 cm³/mol. The van der Waals surface area contributed by atoms with Crippen molar-refractivity contribution in [3.8, 4) is 5.75 Å². The highest BCUT2D eigenvalue weighted by Crippen LogP contribution is 2.28. The van der Waals surface area contributed by atoms with Crippen LogP contribution in [0.1, 0.15) is 11.1 Å². The second-order valence-corrected chi connectivity index (χ2v) is 5.09. The molecular weight excluding hydrogens is 246 g/mol. The fourth-order valence-corrected chi connectivity index (χ4v) is 2.25. The molecule has 1 aromatic carbocycles. The van der Waals surface area contributed by atoms with Crippen molar-refractivity contribution in [1.82, 2.24) is 0 Å². The SMILES string of the molecule is Cc1ccc(S(N)(=O)=O)c(C)c1OCC(=O)O. The van der Waals surface area contributed by atoms with E-state index in [4.69, 9.17) is 15.0 Å². The van der Waals surface area contributed by atoms with Crippen molar-refractivity contribution in [3.63, 3.8) is 0 Å². The van der Waals surface area contributed by atoms with E-state index in [0.717, 1.165) is 0 Å². The summed E-state index contributed by atoms with van der Waals surface area (Å²) in [6, 6.07) is 2.89. The Bertz CT molecular complexity index is 550. The van der Waals surface area contributed by atoms with Gasteiger partial charge < -0.3 is 9.84 Å². The van der Waals surface area contributed by atoms with Crippen LogP contribution in [0.2, 0.25) is 0 Å². The fourth-order valence-electron chi connectivity index (χ4n) is 1.47. The molecule has 0 aliphatic carbocycles. The Morgan fingerprint density at radius 1 is 1.41 bits per heavy atom. The second kappa shape index (κ2) is 4.72. The zero-order valence-electron chi connectivity index (χ0n) is 9.43. The number of carboxylic acid groups (broad SMARTS) is 1. The first kappa shape index (κ1) is 13.5. The highest BCUT2D eigenvalue weighted by atomic mass is 32.2. The number of hydrogen-bond donors (Lipinski definition) is 2. The summed E-state index contributed by atoms with van der Waals surface area (Å²) in [5.74, 6) is -0.899. The quantitative estimate of drug-likeness (QED) is 0.814. The van der Waals surface area contributed by atoms with Crippen LogP contribution in [0, 0.1) is 13.8 Å². The molecule has 0 radical (unpaired) electrons. The van der Waals surface area contributed by atoms with Gasteiger partial charge >= 0.3 is 5.97 Å². The molecule has 0 fully saturated rings. The van der Waals surface area contributed by atoms with Gasteiger partial charge in [-0.3, -0.25) is 0 Å². The largest absolute Gasteiger partial charge is 0.481 e. The monoisotopic (exact) mass is 259 g/mol. The van der Waals surface area contributed by atoms with Crippen LogP contribution >= 0.6 is 0 Å². The van der Waals surface area contributed by atoms with Gasteiger partial charge in [0.1, 0.15) is 5.75 Å². The lowest BCUT2D eigenvalue weighted by Crippen LogP contribution is -2.16. The number of aliphatic carboxylic acids is 1. The third-order valence-electron chi connectivity index (χ3n) is 2.20. The molecule has 0 atom stereocenters. The molecule has 0 heterocycles. The molecule has 0 aliphatic rings. The van der Waals surface area contributed by atoms with Crippen molar-refractivity contribution in [1.29, 1.82) is 0 Å². The van der Waals surface area contributed by atoms with Crippen molar-refractivity contribution < 1.29 is 23.1 Å². The van der Waals surface area contributed by atoms with Gasteiger partial charge in [0.2, 0.25) is 10.0 Å². The summed E-state index contributed by atoms with van der Waals surface area (Å²) in [6.07, 6.45) is 0. The molecule has 0 saturated heterocycles. The van der Waals surface area contributed by atoms with Gasteiger partial charge in [0.25, 0.3) is 0 Å². The Hall–Kier alpha value is -1.60. The molecule has 0 bridgehead atoms. The normalized spacial score (nSPS) is 11.2. The van der Waals surface area contributed by atoms with Crippen LogP contribution in [0.15, 0.2) is 17.0 Å². The van der Waals surface area contributed by atoms with E-state index in [2.05, 4.69) is 0 Å². The van der Waals surface area contributed by atoms with Crippen LogP contribution in [0.25, 0.3) is 0 Å². The third-order valence-corrected chi connectivity index (χ3v) is 3.25. The minimum Gasteiger partial charge on any atom is -0.481 e. The highest BCUT2D eigenvalue weighted by molar-refractivity contribution is 7.89. The Labute approximate surface area is 99.1 Å². The summed E-state index contributed by atoms with van der Waals surface area (Å²) in [5, 5.41) is 13.6. The molecule has 1 rings (SSSR count). The number of nitrogens with two attached hydrogens (primary N) is 1. The van der Waals surface area contributed by atoms with Crippen LogP contribution in [0.3, 0.4) is 0 Å². The number of rotatable bonds is 4. The molecule has 1 aromatic rings. The van der Waals surface area contributed by atoms with E-state index in [-0.39, 0.29) is 10.6 Å². The molecule has 0 amide bonds. The zero-order valence-corrected chi connectivity index (χ0v) is 10.2. The summed E-state index contributed by atoms with van der Waals surface area (Å²) >= 11 is 0. The van der Waals surface area contributed by atoms with E-state index in [0.29, 0.717) is 11.1 Å². The zero-order chi connectivity index (χ0) is 13.2. The standard InChI is InChI=1S/C10H13NO5S/c1-6-3-4-8(17(11,14)15)7(2)10(6)16-5-9(12)13/h3-4H,5H2,1-2H3,(H,12,13)(H2,11,14,15). The molecule has 17 heavy (non-hydrogen) atoms. The van der Waals surface area contributed by atoms with E-state index in [1.54, 1.807) is 6.92 Å². The number of carbonyl (C=O) groups is 1. The first-order valence-corrected chi connectivity index (χ1v) is 6.25. The number of hydrogen-bond acceptors (Lipinski definition) is 4. The number of ether oxygens (including phenoxy) is 1.